The molecule has 3 atom stereocenters. The first-order valence-electron chi connectivity index (χ1n) is 7.70. The van der Waals surface area contributed by atoms with Crippen LogP contribution in [0, 0.1) is 11.8 Å². The quantitative estimate of drug-likeness (QED) is 0.843. The zero-order valence-corrected chi connectivity index (χ0v) is 12.8. The number of rotatable bonds is 6. The number of carboxylic acids is 1. The van der Waals surface area contributed by atoms with Gasteiger partial charge in [-0.05, 0) is 31.2 Å². The van der Waals surface area contributed by atoms with E-state index in [4.69, 9.17) is 5.11 Å². The van der Waals surface area contributed by atoms with Gasteiger partial charge in [0.05, 0.1) is 12.0 Å². The number of hydrogen-bond acceptors (Lipinski definition) is 3. The lowest BCUT2D eigenvalue weighted by Crippen LogP contribution is -2.33. The van der Waals surface area contributed by atoms with Gasteiger partial charge >= 0.3 is 5.97 Å². The van der Waals surface area contributed by atoms with Crippen molar-refractivity contribution >= 4 is 11.9 Å². The average Bonchev–Trinajstić information content (AvgIpc) is 3.02. The van der Waals surface area contributed by atoms with E-state index in [2.05, 4.69) is 0 Å². The standard InChI is InChI=1S/C17H23NO4/c1-18(10-9-15(19)12-5-3-2-4-6-12)16(20)13-7-8-14(11-13)17(21)22/h2-6,13-15,19H,7-11H2,1H3,(H,21,22)/t13-,14+,15?/m0/s1. The summed E-state index contributed by atoms with van der Waals surface area (Å²) >= 11 is 0. The Hall–Kier alpha value is -1.88. The summed E-state index contributed by atoms with van der Waals surface area (Å²) in [6.45, 7) is 0.461. The van der Waals surface area contributed by atoms with Crippen LogP contribution < -0.4 is 0 Å². The molecule has 0 aromatic heterocycles. The summed E-state index contributed by atoms with van der Waals surface area (Å²) in [5.41, 5.74) is 0.843. The largest absolute Gasteiger partial charge is 0.481 e. The maximum absolute atomic E-state index is 12.3. The molecule has 0 aliphatic heterocycles. The van der Waals surface area contributed by atoms with Crippen molar-refractivity contribution in [1.29, 1.82) is 0 Å². The third-order valence-corrected chi connectivity index (χ3v) is 4.43. The van der Waals surface area contributed by atoms with E-state index in [9.17, 15) is 14.7 Å². The van der Waals surface area contributed by atoms with Crippen LogP contribution in [-0.4, -0.2) is 40.6 Å². The fourth-order valence-corrected chi connectivity index (χ4v) is 3.01. The van der Waals surface area contributed by atoms with Crippen molar-refractivity contribution in [2.45, 2.75) is 31.8 Å². The number of carboxylic acid groups (broad SMARTS) is 1. The normalized spacial score (nSPS) is 22.3. The van der Waals surface area contributed by atoms with Gasteiger partial charge in [-0.15, -0.1) is 0 Å². The second-order valence-corrected chi connectivity index (χ2v) is 6.02. The molecule has 22 heavy (non-hydrogen) atoms. The van der Waals surface area contributed by atoms with Crippen LogP contribution in [0.5, 0.6) is 0 Å². The molecular formula is C17H23NO4. The van der Waals surface area contributed by atoms with Crippen molar-refractivity contribution in [1.82, 2.24) is 4.90 Å². The number of aliphatic hydroxyl groups excluding tert-OH is 1. The van der Waals surface area contributed by atoms with Crippen LogP contribution >= 0.6 is 0 Å². The molecule has 120 valence electrons. The maximum Gasteiger partial charge on any atom is 0.306 e. The molecule has 5 heteroatoms. The van der Waals surface area contributed by atoms with Gasteiger partial charge in [0.1, 0.15) is 0 Å². The van der Waals surface area contributed by atoms with Gasteiger partial charge in [0, 0.05) is 19.5 Å². The summed E-state index contributed by atoms with van der Waals surface area (Å²) in [6.07, 6.45) is 1.53. The molecule has 1 unspecified atom stereocenters. The molecule has 0 bridgehead atoms. The number of aliphatic carboxylic acids is 1. The number of nitrogens with zero attached hydrogens (tertiary/aromatic N) is 1. The van der Waals surface area contributed by atoms with Gasteiger partial charge < -0.3 is 15.1 Å². The highest BCUT2D eigenvalue weighted by Gasteiger charge is 2.35. The molecule has 1 saturated carbocycles. The molecule has 1 fully saturated rings. The smallest absolute Gasteiger partial charge is 0.306 e. The molecule has 0 spiro atoms. The van der Waals surface area contributed by atoms with E-state index in [1.165, 1.54) is 0 Å². The zero-order chi connectivity index (χ0) is 16.1. The zero-order valence-electron chi connectivity index (χ0n) is 12.8. The molecule has 1 amide bonds. The fourth-order valence-electron chi connectivity index (χ4n) is 3.01. The molecular weight excluding hydrogens is 282 g/mol. The Bertz CT molecular complexity index is 517. The van der Waals surface area contributed by atoms with Gasteiger partial charge in [-0.3, -0.25) is 9.59 Å². The van der Waals surface area contributed by atoms with Gasteiger partial charge in [0.2, 0.25) is 5.91 Å². The van der Waals surface area contributed by atoms with Gasteiger partial charge in [-0.1, -0.05) is 30.3 Å². The van der Waals surface area contributed by atoms with E-state index < -0.39 is 18.0 Å². The SMILES string of the molecule is CN(CCC(O)c1ccccc1)C(=O)[C@H]1CC[C@@H](C(=O)O)C1. The van der Waals surface area contributed by atoms with Crippen LogP contribution in [-0.2, 0) is 9.59 Å². The van der Waals surface area contributed by atoms with Gasteiger partial charge in [0.25, 0.3) is 0 Å². The lowest BCUT2D eigenvalue weighted by molar-refractivity contribution is -0.141. The summed E-state index contributed by atoms with van der Waals surface area (Å²) in [7, 11) is 1.72. The van der Waals surface area contributed by atoms with Crippen molar-refractivity contribution in [2.24, 2.45) is 11.8 Å². The minimum absolute atomic E-state index is 0.0102. The molecule has 1 aromatic rings. The summed E-state index contributed by atoms with van der Waals surface area (Å²) in [4.78, 5) is 24.9. The number of carbonyl (C=O) groups excluding carboxylic acids is 1. The summed E-state index contributed by atoms with van der Waals surface area (Å²) in [5, 5.41) is 19.1. The first-order valence-corrected chi connectivity index (χ1v) is 7.70. The molecule has 2 rings (SSSR count). The van der Waals surface area contributed by atoms with Crippen LogP contribution in [0.2, 0.25) is 0 Å². The van der Waals surface area contributed by atoms with Crippen LogP contribution in [0.3, 0.4) is 0 Å². The first kappa shape index (κ1) is 16.5. The number of amides is 1. The third kappa shape index (κ3) is 4.07. The minimum atomic E-state index is -0.808. The van der Waals surface area contributed by atoms with Gasteiger partial charge in [-0.2, -0.15) is 0 Å². The maximum atomic E-state index is 12.3. The lowest BCUT2D eigenvalue weighted by atomic mass is 10.0. The molecule has 0 radical (unpaired) electrons. The van der Waals surface area contributed by atoms with E-state index in [1.807, 2.05) is 30.3 Å². The van der Waals surface area contributed by atoms with Crippen molar-refractivity contribution in [3.8, 4) is 0 Å². The van der Waals surface area contributed by atoms with Crippen LogP contribution in [0.4, 0.5) is 0 Å². The number of benzene rings is 1. The van der Waals surface area contributed by atoms with E-state index in [1.54, 1.807) is 11.9 Å². The second-order valence-electron chi connectivity index (χ2n) is 6.02. The Morgan fingerprint density at radius 1 is 1.23 bits per heavy atom. The minimum Gasteiger partial charge on any atom is -0.481 e. The Kier molecular flexibility index (Phi) is 5.55. The molecule has 0 saturated heterocycles. The molecule has 2 N–H and O–H groups in total. The van der Waals surface area contributed by atoms with E-state index in [0.717, 1.165) is 5.56 Å². The van der Waals surface area contributed by atoms with Crippen LogP contribution in [0.15, 0.2) is 30.3 Å². The predicted octanol–water partition coefficient (Wildman–Crippen LogP) is 2.07. The lowest BCUT2D eigenvalue weighted by Gasteiger charge is -2.22. The van der Waals surface area contributed by atoms with Crippen molar-refractivity contribution in [2.75, 3.05) is 13.6 Å². The summed E-state index contributed by atoms with van der Waals surface area (Å²) in [5.74, 6) is -1.40. The van der Waals surface area contributed by atoms with E-state index >= 15 is 0 Å². The highest BCUT2D eigenvalue weighted by Crippen LogP contribution is 2.32. The number of carbonyl (C=O) groups is 2. The predicted molar refractivity (Wildman–Crippen MR) is 82.1 cm³/mol. The Balaban J connectivity index is 1.81. The van der Waals surface area contributed by atoms with Gasteiger partial charge in [0.15, 0.2) is 0 Å². The number of aliphatic hydroxyl groups is 1. The van der Waals surface area contributed by atoms with Gasteiger partial charge in [-0.25, -0.2) is 0 Å². The topological polar surface area (TPSA) is 77.8 Å². The Labute approximate surface area is 130 Å². The molecule has 1 aliphatic rings. The van der Waals surface area contributed by atoms with Crippen molar-refractivity contribution in [3.05, 3.63) is 35.9 Å². The van der Waals surface area contributed by atoms with E-state index in [0.29, 0.717) is 32.2 Å². The summed E-state index contributed by atoms with van der Waals surface area (Å²) < 4.78 is 0. The average molecular weight is 305 g/mol. The molecule has 1 aromatic carbocycles. The molecule has 0 heterocycles. The monoisotopic (exact) mass is 305 g/mol. The Morgan fingerprint density at radius 2 is 1.86 bits per heavy atom. The second kappa shape index (κ2) is 7.40. The van der Waals surface area contributed by atoms with Crippen molar-refractivity contribution < 1.29 is 19.8 Å². The van der Waals surface area contributed by atoms with E-state index in [-0.39, 0.29) is 11.8 Å². The Morgan fingerprint density at radius 3 is 2.45 bits per heavy atom. The first-order chi connectivity index (χ1) is 10.5. The van der Waals surface area contributed by atoms with Crippen molar-refractivity contribution in [3.63, 3.8) is 0 Å². The third-order valence-electron chi connectivity index (χ3n) is 4.43. The highest BCUT2D eigenvalue weighted by molar-refractivity contribution is 5.80. The summed E-state index contributed by atoms with van der Waals surface area (Å²) in [6, 6.07) is 9.36. The van der Waals surface area contributed by atoms with Crippen LogP contribution in [0.25, 0.3) is 0 Å². The molecule has 5 nitrogen and oxygen atoms in total. The fraction of sp³-hybridized carbons (Fsp3) is 0.529. The highest BCUT2D eigenvalue weighted by atomic mass is 16.4. The number of hydrogen-bond donors (Lipinski definition) is 2. The molecule has 1 aliphatic carbocycles. The van der Waals surface area contributed by atoms with Crippen LogP contribution in [0.1, 0.15) is 37.4 Å².